The third kappa shape index (κ3) is 4.54. The van der Waals surface area contributed by atoms with Crippen molar-refractivity contribution in [2.45, 2.75) is 82.6 Å². The summed E-state index contributed by atoms with van der Waals surface area (Å²) >= 11 is 0. The quantitative estimate of drug-likeness (QED) is 0.727. The SMILES string of the molecule is CCCC(CCC)C(=O)N1CCc2cc(S(=O)(=O)NC3CCCC3)ccc21. The second-order valence-corrected chi connectivity index (χ2v) is 9.62. The summed E-state index contributed by atoms with van der Waals surface area (Å²) < 4.78 is 28.2. The Morgan fingerprint density at radius 2 is 1.85 bits per heavy atom. The van der Waals surface area contributed by atoms with E-state index in [9.17, 15) is 13.2 Å². The molecule has 0 spiro atoms. The number of benzene rings is 1. The number of rotatable bonds is 8. The maximum atomic E-state index is 13.0. The van der Waals surface area contributed by atoms with Crippen LogP contribution < -0.4 is 9.62 Å². The number of amides is 1. The van der Waals surface area contributed by atoms with Gasteiger partial charge < -0.3 is 4.90 Å². The summed E-state index contributed by atoms with van der Waals surface area (Å²) in [5, 5.41) is 0. The average molecular weight is 393 g/mol. The van der Waals surface area contributed by atoms with E-state index in [0.717, 1.165) is 69.0 Å². The minimum absolute atomic E-state index is 0.0603. The molecule has 2 aliphatic rings. The van der Waals surface area contributed by atoms with Gasteiger partial charge in [0.15, 0.2) is 0 Å². The van der Waals surface area contributed by atoms with Gasteiger partial charge in [0, 0.05) is 24.2 Å². The molecule has 1 aliphatic heterocycles. The van der Waals surface area contributed by atoms with Crippen molar-refractivity contribution in [3.63, 3.8) is 0 Å². The topological polar surface area (TPSA) is 66.5 Å². The first-order valence-electron chi connectivity index (χ1n) is 10.4. The molecule has 0 radical (unpaired) electrons. The van der Waals surface area contributed by atoms with Gasteiger partial charge in [-0.2, -0.15) is 0 Å². The van der Waals surface area contributed by atoms with Crippen molar-refractivity contribution in [3.05, 3.63) is 23.8 Å². The molecule has 1 N–H and O–H groups in total. The van der Waals surface area contributed by atoms with Crippen molar-refractivity contribution in [1.29, 1.82) is 0 Å². The molecule has 1 amide bonds. The van der Waals surface area contributed by atoms with Crippen LogP contribution >= 0.6 is 0 Å². The Morgan fingerprint density at radius 1 is 1.19 bits per heavy atom. The molecule has 1 aliphatic carbocycles. The summed E-state index contributed by atoms with van der Waals surface area (Å²) in [4.78, 5) is 15.2. The van der Waals surface area contributed by atoms with E-state index in [1.807, 2.05) is 11.0 Å². The Hall–Kier alpha value is -1.40. The Labute approximate surface area is 163 Å². The number of carbonyl (C=O) groups excluding carboxylic acids is 1. The highest BCUT2D eigenvalue weighted by Gasteiger charge is 2.31. The van der Waals surface area contributed by atoms with Gasteiger partial charge in [0.05, 0.1) is 4.90 Å². The highest BCUT2D eigenvalue weighted by atomic mass is 32.2. The molecule has 1 heterocycles. The third-order valence-corrected chi connectivity index (χ3v) is 7.34. The zero-order valence-electron chi connectivity index (χ0n) is 16.5. The van der Waals surface area contributed by atoms with Gasteiger partial charge in [0.1, 0.15) is 0 Å². The Morgan fingerprint density at radius 3 is 2.48 bits per heavy atom. The van der Waals surface area contributed by atoms with Gasteiger partial charge >= 0.3 is 0 Å². The van der Waals surface area contributed by atoms with Crippen molar-refractivity contribution in [3.8, 4) is 0 Å². The highest BCUT2D eigenvalue weighted by molar-refractivity contribution is 7.89. The van der Waals surface area contributed by atoms with Crippen LogP contribution in [0.3, 0.4) is 0 Å². The predicted octanol–water partition coefficient (Wildman–Crippen LogP) is 4.01. The molecule has 1 saturated carbocycles. The largest absolute Gasteiger partial charge is 0.312 e. The number of carbonyl (C=O) groups is 1. The van der Waals surface area contributed by atoms with Crippen LogP contribution in [0.2, 0.25) is 0 Å². The smallest absolute Gasteiger partial charge is 0.240 e. The lowest BCUT2D eigenvalue weighted by atomic mass is 9.96. The van der Waals surface area contributed by atoms with Crippen molar-refractivity contribution in [2.24, 2.45) is 5.92 Å². The minimum Gasteiger partial charge on any atom is -0.312 e. The van der Waals surface area contributed by atoms with E-state index >= 15 is 0 Å². The lowest BCUT2D eigenvalue weighted by Gasteiger charge is -2.24. The van der Waals surface area contributed by atoms with E-state index in [-0.39, 0.29) is 17.9 Å². The first-order valence-corrected chi connectivity index (χ1v) is 11.9. The molecule has 150 valence electrons. The van der Waals surface area contributed by atoms with E-state index in [0.29, 0.717) is 11.4 Å². The van der Waals surface area contributed by atoms with Crippen molar-refractivity contribution in [1.82, 2.24) is 4.72 Å². The molecule has 0 saturated heterocycles. The van der Waals surface area contributed by atoms with Gasteiger partial charge in [0.25, 0.3) is 0 Å². The van der Waals surface area contributed by atoms with Crippen molar-refractivity contribution >= 4 is 21.6 Å². The van der Waals surface area contributed by atoms with E-state index < -0.39 is 10.0 Å². The molecule has 3 rings (SSSR count). The number of nitrogens with one attached hydrogen (secondary N) is 1. The Bertz CT molecular complexity index is 764. The van der Waals surface area contributed by atoms with Gasteiger partial charge in [-0.15, -0.1) is 0 Å². The molecule has 0 aromatic heterocycles. The standard InChI is InChI=1S/C21H32N2O3S/c1-3-7-16(8-4-2)21(24)23-14-13-17-15-19(11-12-20(17)23)27(25,26)22-18-9-5-6-10-18/h11-12,15-16,18,22H,3-10,13-14H2,1-2H3. The van der Waals surface area contributed by atoms with Crippen LogP contribution in [-0.2, 0) is 21.2 Å². The maximum absolute atomic E-state index is 13.0. The fourth-order valence-electron chi connectivity index (χ4n) is 4.41. The predicted molar refractivity (Wildman–Crippen MR) is 108 cm³/mol. The number of fused-ring (bicyclic) bond motifs is 1. The first kappa shape index (κ1) is 20.3. The number of anilines is 1. The molecule has 27 heavy (non-hydrogen) atoms. The molecule has 0 atom stereocenters. The van der Waals surface area contributed by atoms with Gasteiger partial charge in [-0.25, -0.2) is 13.1 Å². The summed E-state index contributed by atoms with van der Waals surface area (Å²) in [6.45, 7) is 4.88. The molecular formula is C21H32N2O3S. The Balaban J connectivity index is 1.77. The highest BCUT2D eigenvalue weighted by Crippen LogP contribution is 2.33. The van der Waals surface area contributed by atoms with Crippen LogP contribution in [0, 0.1) is 5.92 Å². The summed E-state index contributed by atoms with van der Waals surface area (Å²) in [5.41, 5.74) is 1.85. The summed E-state index contributed by atoms with van der Waals surface area (Å²) in [7, 11) is -3.49. The van der Waals surface area contributed by atoms with Gasteiger partial charge in [-0.05, 0) is 55.9 Å². The third-order valence-electron chi connectivity index (χ3n) is 5.82. The number of sulfonamides is 1. The summed E-state index contributed by atoms with van der Waals surface area (Å²) in [6, 6.07) is 5.29. The van der Waals surface area contributed by atoms with Crippen LogP contribution in [0.4, 0.5) is 5.69 Å². The summed E-state index contributed by atoms with van der Waals surface area (Å²) in [6.07, 6.45) is 8.56. The van der Waals surface area contributed by atoms with E-state index in [4.69, 9.17) is 0 Å². The van der Waals surface area contributed by atoms with Crippen LogP contribution in [0.1, 0.15) is 70.8 Å². The van der Waals surface area contributed by atoms with Crippen LogP contribution in [-0.4, -0.2) is 26.9 Å². The molecule has 1 aromatic rings. The van der Waals surface area contributed by atoms with Gasteiger partial charge in [-0.1, -0.05) is 39.5 Å². The molecule has 0 bridgehead atoms. The molecule has 5 nitrogen and oxygen atoms in total. The molecular weight excluding hydrogens is 360 g/mol. The van der Waals surface area contributed by atoms with Crippen LogP contribution in [0.25, 0.3) is 0 Å². The van der Waals surface area contributed by atoms with Gasteiger partial charge in [0.2, 0.25) is 15.9 Å². The first-order chi connectivity index (χ1) is 13.0. The zero-order valence-corrected chi connectivity index (χ0v) is 17.4. The number of nitrogens with zero attached hydrogens (tertiary/aromatic N) is 1. The van der Waals surface area contributed by atoms with Crippen LogP contribution in [0.15, 0.2) is 23.1 Å². The number of hydrogen-bond acceptors (Lipinski definition) is 3. The Kier molecular flexibility index (Phi) is 6.58. The average Bonchev–Trinajstić information content (AvgIpc) is 3.29. The monoisotopic (exact) mass is 392 g/mol. The second kappa shape index (κ2) is 8.74. The van der Waals surface area contributed by atoms with Crippen molar-refractivity contribution in [2.75, 3.05) is 11.4 Å². The van der Waals surface area contributed by atoms with Gasteiger partial charge in [-0.3, -0.25) is 4.79 Å². The normalized spacial score (nSPS) is 17.7. The maximum Gasteiger partial charge on any atom is 0.240 e. The molecule has 0 unspecified atom stereocenters. The van der Waals surface area contributed by atoms with Crippen LogP contribution in [0.5, 0.6) is 0 Å². The van der Waals surface area contributed by atoms with E-state index in [2.05, 4.69) is 18.6 Å². The zero-order chi connectivity index (χ0) is 19.4. The molecule has 1 fully saturated rings. The fourth-order valence-corrected chi connectivity index (χ4v) is 5.77. The molecule has 6 heteroatoms. The minimum atomic E-state index is -3.49. The lowest BCUT2D eigenvalue weighted by Crippen LogP contribution is -2.35. The van der Waals surface area contributed by atoms with E-state index in [1.165, 1.54) is 0 Å². The lowest BCUT2D eigenvalue weighted by molar-refractivity contribution is -0.122. The second-order valence-electron chi connectivity index (χ2n) is 7.91. The van der Waals surface area contributed by atoms with Crippen molar-refractivity contribution < 1.29 is 13.2 Å². The molecule has 1 aromatic carbocycles. The fraction of sp³-hybridized carbons (Fsp3) is 0.667. The number of hydrogen-bond donors (Lipinski definition) is 1. The van der Waals surface area contributed by atoms with E-state index in [1.54, 1.807) is 12.1 Å². The summed E-state index contributed by atoms with van der Waals surface area (Å²) in [5.74, 6) is 0.260.